The average Bonchev–Trinajstić information content (AvgIpc) is 3.18. The van der Waals surface area contributed by atoms with Crippen molar-refractivity contribution in [1.82, 2.24) is 15.0 Å². The zero-order valence-electron chi connectivity index (χ0n) is 31.3. The first kappa shape index (κ1) is 33.2. The Labute approximate surface area is 330 Å². The first-order chi connectivity index (χ1) is 26.0. The number of benzene rings is 6. The van der Waals surface area contributed by atoms with E-state index in [1.165, 1.54) is 54.0 Å². The van der Waals surface area contributed by atoms with Crippen molar-refractivity contribution in [2.75, 3.05) is 9.80 Å². The Bertz CT molecular complexity index is 2610. The maximum atomic E-state index is 5.29. The van der Waals surface area contributed by atoms with Gasteiger partial charge in [-0.05, 0) is 92.4 Å². The molecule has 7 aromatic rings. The number of para-hydroxylation sites is 2. The Kier molecular flexibility index (Phi) is 7.13. The van der Waals surface area contributed by atoms with Crippen LogP contribution in [-0.4, -0.2) is 15.0 Å². The highest BCUT2D eigenvalue weighted by Crippen LogP contribution is 2.62. The number of anilines is 6. The van der Waals surface area contributed by atoms with Crippen LogP contribution in [-0.2, 0) is 16.2 Å². The molecule has 0 radical (unpaired) electrons. The van der Waals surface area contributed by atoms with Crippen molar-refractivity contribution in [3.8, 4) is 22.8 Å². The van der Waals surface area contributed by atoms with Crippen molar-refractivity contribution in [3.63, 3.8) is 0 Å². The smallest absolute Gasteiger partial charge is 0.238 e. The molecule has 10 rings (SSSR count). The van der Waals surface area contributed by atoms with Gasteiger partial charge in [-0.2, -0.15) is 9.97 Å². The second kappa shape index (κ2) is 11.6. The third kappa shape index (κ3) is 4.65. The molecule has 0 aliphatic carbocycles. The average molecular weight is 814 g/mol. The van der Waals surface area contributed by atoms with E-state index in [1.807, 2.05) is 36.4 Å². The van der Waals surface area contributed by atoms with Gasteiger partial charge in [0, 0.05) is 30.9 Å². The molecule has 6 aromatic carbocycles. The van der Waals surface area contributed by atoms with E-state index in [9.17, 15) is 0 Å². The Balaban J connectivity index is 1.29. The summed E-state index contributed by atoms with van der Waals surface area (Å²) in [6, 6.07) is 48.1. The number of halogens is 1. The lowest BCUT2D eigenvalue weighted by Gasteiger charge is -2.51. The molecule has 54 heavy (non-hydrogen) atoms. The molecule has 0 saturated heterocycles. The van der Waals surface area contributed by atoms with Crippen LogP contribution >= 0.6 is 22.6 Å². The van der Waals surface area contributed by atoms with Gasteiger partial charge in [-0.25, -0.2) is 4.98 Å². The van der Waals surface area contributed by atoms with Crippen LogP contribution in [0.2, 0.25) is 0 Å². The SMILES string of the molecule is CC1(C)c2cc(I)ccc2N(c2nc(-c3ccccc3)nc(-c3ccccc3)n2)c2cc3c(cc21)N1c2ccccc2C(C)(C)c2cccc(c21)C3(C)C. The van der Waals surface area contributed by atoms with Crippen molar-refractivity contribution in [1.29, 1.82) is 0 Å². The molecule has 0 amide bonds. The molecule has 0 fully saturated rings. The summed E-state index contributed by atoms with van der Waals surface area (Å²) >= 11 is 2.45. The molecule has 0 spiro atoms. The Hall–Kier alpha value is -5.34. The first-order valence-corrected chi connectivity index (χ1v) is 19.7. The van der Waals surface area contributed by atoms with Gasteiger partial charge in [-0.3, -0.25) is 4.90 Å². The van der Waals surface area contributed by atoms with Crippen LogP contribution in [0, 0.1) is 3.57 Å². The van der Waals surface area contributed by atoms with Gasteiger partial charge in [-0.1, -0.05) is 139 Å². The van der Waals surface area contributed by atoms with Crippen LogP contribution in [0.5, 0.6) is 0 Å². The third-order valence-corrected chi connectivity index (χ3v) is 12.8. The summed E-state index contributed by atoms with van der Waals surface area (Å²) in [5.74, 6) is 1.89. The van der Waals surface area contributed by atoms with Crippen LogP contribution in [0.25, 0.3) is 22.8 Å². The van der Waals surface area contributed by atoms with Gasteiger partial charge in [0.15, 0.2) is 11.6 Å². The molecule has 0 unspecified atom stereocenters. The van der Waals surface area contributed by atoms with Crippen molar-refractivity contribution in [3.05, 3.63) is 170 Å². The van der Waals surface area contributed by atoms with E-state index in [-0.39, 0.29) is 16.2 Å². The van der Waals surface area contributed by atoms with Gasteiger partial charge < -0.3 is 4.90 Å². The lowest BCUT2D eigenvalue weighted by Crippen LogP contribution is -2.39. The summed E-state index contributed by atoms with van der Waals surface area (Å²) in [7, 11) is 0. The highest BCUT2D eigenvalue weighted by molar-refractivity contribution is 14.1. The number of rotatable bonds is 3. The lowest BCUT2D eigenvalue weighted by atomic mass is 9.65. The second-order valence-electron chi connectivity index (χ2n) is 16.3. The van der Waals surface area contributed by atoms with E-state index in [0.717, 1.165) is 22.5 Å². The number of aromatic nitrogens is 3. The van der Waals surface area contributed by atoms with E-state index in [4.69, 9.17) is 15.0 Å². The molecule has 4 heterocycles. The maximum absolute atomic E-state index is 5.29. The molecule has 264 valence electrons. The summed E-state index contributed by atoms with van der Waals surface area (Å²) in [6.45, 7) is 14.2. The predicted octanol–water partition coefficient (Wildman–Crippen LogP) is 12.7. The molecular formula is C48H40IN5. The molecular weight excluding hydrogens is 773 g/mol. The monoisotopic (exact) mass is 813 g/mol. The van der Waals surface area contributed by atoms with Gasteiger partial charge in [-0.15, -0.1) is 0 Å². The van der Waals surface area contributed by atoms with E-state index in [1.54, 1.807) is 0 Å². The van der Waals surface area contributed by atoms with Gasteiger partial charge in [0.05, 0.1) is 28.4 Å². The summed E-state index contributed by atoms with van der Waals surface area (Å²) in [6.07, 6.45) is 0. The first-order valence-electron chi connectivity index (χ1n) is 18.7. The number of hydrogen-bond acceptors (Lipinski definition) is 5. The topological polar surface area (TPSA) is 45.2 Å². The fourth-order valence-electron chi connectivity index (χ4n) is 9.19. The number of fused-ring (bicyclic) bond motifs is 6. The van der Waals surface area contributed by atoms with Crippen molar-refractivity contribution < 1.29 is 0 Å². The van der Waals surface area contributed by atoms with Crippen molar-refractivity contribution in [2.45, 2.75) is 57.8 Å². The highest BCUT2D eigenvalue weighted by atomic mass is 127. The molecule has 1 aromatic heterocycles. The minimum Gasteiger partial charge on any atom is -0.309 e. The minimum absolute atomic E-state index is 0.141. The zero-order chi connectivity index (χ0) is 37.1. The molecule has 0 bridgehead atoms. The third-order valence-electron chi connectivity index (χ3n) is 12.1. The fraction of sp³-hybridized carbons (Fsp3) is 0.188. The second-order valence-corrected chi connectivity index (χ2v) is 17.6. The maximum Gasteiger partial charge on any atom is 0.238 e. The highest BCUT2D eigenvalue weighted by Gasteiger charge is 2.47. The Morgan fingerprint density at radius 3 is 1.48 bits per heavy atom. The van der Waals surface area contributed by atoms with E-state index >= 15 is 0 Å². The molecule has 3 aliphatic heterocycles. The molecule has 0 atom stereocenters. The molecule has 0 N–H and O–H groups in total. The van der Waals surface area contributed by atoms with Crippen LogP contribution < -0.4 is 9.80 Å². The van der Waals surface area contributed by atoms with Crippen LogP contribution in [0.1, 0.15) is 74.9 Å². The van der Waals surface area contributed by atoms with Crippen molar-refractivity contribution in [2.24, 2.45) is 0 Å². The summed E-state index contributed by atoms with van der Waals surface area (Å²) < 4.78 is 1.19. The minimum atomic E-state index is -0.326. The van der Waals surface area contributed by atoms with E-state index < -0.39 is 0 Å². The molecule has 0 saturated carbocycles. The standard InChI is InChI=1S/C48H40IN5/c1-46(2)32-20-13-14-23-38(32)53-40-27-37-41(28-36(40)47(3,4)34-22-15-21-33(46)42(34)53)54(39-25-24-31(49)26-35(39)48(37,5)6)45-51-43(29-16-9-7-10-17-29)50-44(52-45)30-18-11-8-12-19-30/h7-28H,1-6H3. The van der Waals surface area contributed by atoms with Crippen molar-refractivity contribution >= 4 is 57.0 Å². The van der Waals surface area contributed by atoms with E-state index in [0.29, 0.717) is 17.6 Å². The number of nitrogens with zero attached hydrogens (tertiary/aromatic N) is 5. The predicted molar refractivity (Wildman–Crippen MR) is 229 cm³/mol. The summed E-state index contributed by atoms with van der Waals surface area (Å²) in [5.41, 5.74) is 14.9. The zero-order valence-corrected chi connectivity index (χ0v) is 33.5. The van der Waals surface area contributed by atoms with Gasteiger partial charge in [0.2, 0.25) is 5.95 Å². The van der Waals surface area contributed by atoms with Gasteiger partial charge >= 0.3 is 0 Å². The lowest BCUT2D eigenvalue weighted by molar-refractivity contribution is 0.592. The summed E-state index contributed by atoms with van der Waals surface area (Å²) in [5, 5.41) is 0. The quantitative estimate of drug-likeness (QED) is 0.166. The van der Waals surface area contributed by atoms with Gasteiger partial charge in [0.1, 0.15) is 0 Å². The Morgan fingerprint density at radius 1 is 0.407 bits per heavy atom. The largest absolute Gasteiger partial charge is 0.309 e. The fourth-order valence-corrected chi connectivity index (χ4v) is 9.68. The normalized spacial score (nSPS) is 16.4. The van der Waals surface area contributed by atoms with Crippen LogP contribution in [0.15, 0.2) is 133 Å². The number of hydrogen-bond donors (Lipinski definition) is 0. The Morgan fingerprint density at radius 2 is 0.870 bits per heavy atom. The molecule has 6 heteroatoms. The van der Waals surface area contributed by atoms with E-state index in [2.05, 4.69) is 171 Å². The molecule has 3 aliphatic rings. The molecule has 5 nitrogen and oxygen atoms in total. The van der Waals surface area contributed by atoms with Crippen LogP contribution in [0.3, 0.4) is 0 Å². The van der Waals surface area contributed by atoms with Gasteiger partial charge in [0.25, 0.3) is 0 Å². The van der Waals surface area contributed by atoms with Crippen LogP contribution in [0.4, 0.5) is 34.4 Å². The summed E-state index contributed by atoms with van der Waals surface area (Å²) in [4.78, 5) is 20.5.